The number of morpholine rings is 1. The lowest BCUT2D eigenvalue weighted by Gasteiger charge is -2.23. The topological polar surface area (TPSA) is 79.5 Å². The fourth-order valence-electron chi connectivity index (χ4n) is 2.13. The molecular weight excluding hydrogens is 282 g/mol. The van der Waals surface area contributed by atoms with Gasteiger partial charge in [-0.2, -0.15) is 0 Å². The predicted octanol–water partition coefficient (Wildman–Crippen LogP) is 0.999. The van der Waals surface area contributed by atoms with Gasteiger partial charge in [-0.15, -0.1) is 0 Å². The third kappa shape index (κ3) is 4.54. The van der Waals surface area contributed by atoms with E-state index in [4.69, 9.17) is 4.74 Å². The molecule has 1 aromatic carbocycles. The van der Waals surface area contributed by atoms with Crippen molar-refractivity contribution >= 4 is 17.5 Å². The maximum atomic E-state index is 12.2. The van der Waals surface area contributed by atoms with Crippen LogP contribution in [0.2, 0.25) is 0 Å². The third-order valence-corrected chi connectivity index (χ3v) is 3.32. The molecule has 6 heteroatoms. The summed E-state index contributed by atoms with van der Waals surface area (Å²) in [6.45, 7) is 6.39. The predicted molar refractivity (Wildman–Crippen MR) is 84.9 cm³/mol. The van der Waals surface area contributed by atoms with Crippen LogP contribution >= 0.6 is 0 Å². The largest absolute Gasteiger partial charge is 0.366 e. The van der Waals surface area contributed by atoms with Gasteiger partial charge >= 0.3 is 0 Å². The van der Waals surface area contributed by atoms with E-state index in [1.54, 1.807) is 24.3 Å². The summed E-state index contributed by atoms with van der Waals surface area (Å²) in [6, 6.07) is 6.98. The highest BCUT2D eigenvalue weighted by Gasteiger charge is 2.23. The Morgan fingerprint density at radius 1 is 1.36 bits per heavy atom. The van der Waals surface area contributed by atoms with E-state index < -0.39 is 6.10 Å². The van der Waals surface area contributed by atoms with Gasteiger partial charge in [0.2, 0.25) is 0 Å². The molecule has 1 aliphatic heterocycles. The summed E-state index contributed by atoms with van der Waals surface area (Å²) in [7, 11) is 0. The fraction of sp³-hybridized carbons (Fsp3) is 0.500. The van der Waals surface area contributed by atoms with Crippen molar-refractivity contribution in [1.29, 1.82) is 0 Å². The van der Waals surface area contributed by atoms with E-state index in [0.717, 1.165) is 6.54 Å². The smallest absolute Gasteiger partial charge is 0.254 e. The van der Waals surface area contributed by atoms with Gasteiger partial charge in [0, 0.05) is 19.6 Å². The molecule has 0 radical (unpaired) electrons. The molecule has 22 heavy (non-hydrogen) atoms. The van der Waals surface area contributed by atoms with E-state index >= 15 is 0 Å². The highest BCUT2D eigenvalue weighted by Crippen LogP contribution is 2.16. The van der Waals surface area contributed by atoms with E-state index in [1.165, 1.54) is 0 Å². The van der Waals surface area contributed by atoms with Gasteiger partial charge in [0.05, 0.1) is 17.9 Å². The van der Waals surface area contributed by atoms with Crippen LogP contribution in [0.1, 0.15) is 24.2 Å². The lowest BCUT2D eigenvalue weighted by atomic mass is 10.1. The Balaban J connectivity index is 2.04. The summed E-state index contributed by atoms with van der Waals surface area (Å²) < 4.78 is 5.42. The fourth-order valence-corrected chi connectivity index (χ4v) is 2.13. The van der Waals surface area contributed by atoms with Crippen molar-refractivity contribution < 1.29 is 14.3 Å². The summed E-state index contributed by atoms with van der Waals surface area (Å²) in [5, 5.41) is 8.75. The van der Waals surface area contributed by atoms with Crippen molar-refractivity contribution in [3.63, 3.8) is 0 Å². The molecule has 0 aliphatic carbocycles. The minimum absolute atomic E-state index is 0.188. The summed E-state index contributed by atoms with van der Waals surface area (Å²) in [5.41, 5.74) is 0.961. The van der Waals surface area contributed by atoms with Crippen molar-refractivity contribution in [3.8, 4) is 0 Å². The molecule has 1 heterocycles. The first-order chi connectivity index (χ1) is 10.6. The van der Waals surface area contributed by atoms with E-state index in [9.17, 15) is 9.59 Å². The molecule has 0 spiro atoms. The number of hydrogen-bond acceptors (Lipinski definition) is 4. The Morgan fingerprint density at radius 3 is 2.82 bits per heavy atom. The zero-order valence-corrected chi connectivity index (χ0v) is 13.0. The summed E-state index contributed by atoms with van der Waals surface area (Å²) in [5.74, 6) is -0.0592. The minimum Gasteiger partial charge on any atom is -0.366 e. The molecule has 0 bridgehead atoms. The normalized spacial score (nSPS) is 18.0. The van der Waals surface area contributed by atoms with E-state index in [1.807, 2.05) is 13.8 Å². The van der Waals surface area contributed by atoms with Crippen LogP contribution in [0.4, 0.5) is 5.69 Å². The first kappa shape index (κ1) is 16.5. The average Bonchev–Trinajstić information content (AvgIpc) is 2.54. The number of carbonyl (C=O) groups excluding carboxylic acids is 2. The standard InChI is InChI=1S/C16H23N3O3/c1-11(2)9-18-15(20)12-5-3-4-6-13(12)19-16(21)14-10-17-7-8-22-14/h3-6,11,14,17H,7-10H2,1-2H3,(H,18,20)(H,19,21). The number of benzene rings is 1. The molecule has 1 aromatic rings. The molecular formula is C16H23N3O3. The Morgan fingerprint density at radius 2 is 2.14 bits per heavy atom. The Bertz CT molecular complexity index is 525. The van der Waals surface area contributed by atoms with Gasteiger partial charge in [-0.1, -0.05) is 26.0 Å². The second-order valence-corrected chi connectivity index (χ2v) is 5.70. The molecule has 0 saturated carbocycles. The van der Waals surface area contributed by atoms with Crippen molar-refractivity contribution in [2.24, 2.45) is 5.92 Å². The first-order valence-electron chi connectivity index (χ1n) is 7.58. The van der Waals surface area contributed by atoms with E-state index in [-0.39, 0.29) is 11.8 Å². The molecule has 0 aromatic heterocycles. The second kappa shape index (κ2) is 7.91. The first-order valence-corrected chi connectivity index (χ1v) is 7.58. The van der Waals surface area contributed by atoms with Crippen LogP contribution in [0.5, 0.6) is 0 Å². The molecule has 1 aliphatic rings. The Hall–Kier alpha value is -1.92. The van der Waals surface area contributed by atoms with Gasteiger partial charge in [0.1, 0.15) is 6.10 Å². The van der Waals surface area contributed by atoms with Crippen molar-refractivity contribution in [1.82, 2.24) is 10.6 Å². The molecule has 1 unspecified atom stereocenters. The SMILES string of the molecule is CC(C)CNC(=O)c1ccccc1NC(=O)C1CNCCO1. The monoisotopic (exact) mass is 305 g/mol. The number of para-hydroxylation sites is 1. The number of ether oxygens (including phenoxy) is 1. The number of carbonyl (C=O) groups is 2. The van der Waals surface area contributed by atoms with Crippen molar-refractivity contribution in [2.75, 3.05) is 31.6 Å². The van der Waals surface area contributed by atoms with Crippen LogP contribution in [-0.2, 0) is 9.53 Å². The average molecular weight is 305 g/mol. The highest BCUT2D eigenvalue weighted by atomic mass is 16.5. The number of hydrogen-bond donors (Lipinski definition) is 3. The number of rotatable bonds is 5. The second-order valence-electron chi connectivity index (χ2n) is 5.70. The zero-order chi connectivity index (χ0) is 15.9. The minimum atomic E-state index is -0.527. The highest BCUT2D eigenvalue weighted by molar-refractivity contribution is 6.04. The van der Waals surface area contributed by atoms with Gasteiger partial charge in [0.25, 0.3) is 11.8 Å². The zero-order valence-electron chi connectivity index (χ0n) is 13.0. The number of amides is 2. The van der Waals surface area contributed by atoms with Gasteiger partial charge in [-0.25, -0.2) is 0 Å². The van der Waals surface area contributed by atoms with Gasteiger partial charge in [0.15, 0.2) is 0 Å². The van der Waals surface area contributed by atoms with Crippen LogP contribution < -0.4 is 16.0 Å². The molecule has 2 amide bonds. The molecule has 1 atom stereocenters. The van der Waals surface area contributed by atoms with Crippen LogP contribution in [-0.4, -0.2) is 44.2 Å². The molecule has 2 rings (SSSR count). The van der Waals surface area contributed by atoms with Crippen LogP contribution in [0.15, 0.2) is 24.3 Å². The Labute approximate surface area is 130 Å². The Kier molecular flexibility index (Phi) is 5.91. The third-order valence-electron chi connectivity index (χ3n) is 3.32. The van der Waals surface area contributed by atoms with E-state index in [0.29, 0.717) is 36.9 Å². The molecule has 1 saturated heterocycles. The lowest BCUT2D eigenvalue weighted by Crippen LogP contribution is -2.45. The van der Waals surface area contributed by atoms with Crippen molar-refractivity contribution in [3.05, 3.63) is 29.8 Å². The summed E-state index contributed by atoms with van der Waals surface area (Å²) in [6.07, 6.45) is -0.527. The molecule has 6 nitrogen and oxygen atoms in total. The van der Waals surface area contributed by atoms with Crippen LogP contribution in [0.25, 0.3) is 0 Å². The summed E-state index contributed by atoms with van der Waals surface area (Å²) in [4.78, 5) is 24.4. The maximum Gasteiger partial charge on any atom is 0.254 e. The quantitative estimate of drug-likeness (QED) is 0.758. The van der Waals surface area contributed by atoms with E-state index in [2.05, 4.69) is 16.0 Å². The van der Waals surface area contributed by atoms with Gasteiger partial charge in [-0.3, -0.25) is 9.59 Å². The van der Waals surface area contributed by atoms with Gasteiger partial charge < -0.3 is 20.7 Å². The van der Waals surface area contributed by atoms with Crippen LogP contribution in [0, 0.1) is 5.92 Å². The molecule has 3 N–H and O–H groups in total. The maximum absolute atomic E-state index is 12.2. The number of anilines is 1. The van der Waals surface area contributed by atoms with Gasteiger partial charge in [-0.05, 0) is 18.1 Å². The number of nitrogens with one attached hydrogen (secondary N) is 3. The lowest BCUT2D eigenvalue weighted by molar-refractivity contribution is -0.128. The molecule has 120 valence electrons. The van der Waals surface area contributed by atoms with Crippen molar-refractivity contribution in [2.45, 2.75) is 20.0 Å². The van der Waals surface area contributed by atoms with Crippen LogP contribution in [0.3, 0.4) is 0 Å². The molecule has 1 fully saturated rings. The summed E-state index contributed by atoms with van der Waals surface area (Å²) >= 11 is 0.